The van der Waals surface area contributed by atoms with Crippen LogP contribution in [0.2, 0.25) is 0 Å². The van der Waals surface area contributed by atoms with Crippen LogP contribution in [0, 0.1) is 0 Å². The molecule has 1 amide bonds. The molecule has 1 aliphatic carbocycles. The SMILES string of the molecule is CN(C(=O)CN(C)S(=O)(=O)CCC(=O)O)C1CCCCC1. The average Bonchev–Trinajstić information content (AvgIpc) is 2.45. The van der Waals surface area contributed by atoms with E-state index in [1.807, 2.05) is 0 Å². The maximum absolute atomic E-state index is 12.1. The van der Waals surface area contributed by atoms with Gasteiger partial charge in [0.15, 0.2) is 0 Å². The standard InChI is InChI=1S/C13H24N2O5S/c1-14(21(19,20)9-8-13(17)18)10-12(16)15(2)11-6-4-3-5-7-11/h11H,3-10H2,1-2H3,(H,17,18). The fourth-order valence-electron chi connectivity index (χ4n) is 2.44. The summed E-state index contributed by atoms with van der Waals surface area (Å²) in [6.45, 7) is -0.241. The van der Waals surface area contributed by atoms with E-state index in [1.54, 1.807) is 11.9 Å². The lowest BCUT2D eigenvalue weighted by molar-refractivity contribution is -0.136. The van der Waals surface area contributed by atoms with Gasteiger partial charge in [0.1, 0.15) is 0 Å². The molecule has 8 heteroatoms. The minimum Gasteiger partial charge on any atom is -0.481 e. The van der Waals surface area contributed by atoms with Crippen LogP contribution in [-0.4, -0.2) is 67.0 Å². The summed E-state index contributed by atoms with van der Waals surface area (Å²) in [6, 6.07) is 0.182. The van der Waals surface area contributed by atoms with Crippen molar-refractivity contribution in [1.82, 2.24) is 9.21 Å². The highest BCUT2D eigenvalue weighted by atomic mass is 32.2. The fourth-order valence-corrected chi connectivity index (χ4v) is 3.50. The Bertz CT molecular complexity index is 471. The minimum atomic E-state index is -3.71. The molecule has 0 aromatic rings. The zero-order valence-corrected chi connectivity index (χ0v) is 13.4. The number of carbonyl (C=O) groups excluding carboxylic acids is 1. The van der Waals surface area contributed by atoms with Crippen LogP contribution in [0.4, 0.5) is 0 Å². The highest BCUT2D eigenvalue weighted by Gasteiger charge is 2.26. The summed E-state index contributed by atoms with van der Waals surface area (Å²) in [5, 5.41) is 8.54. The second kappa shape index (κ2) is 7.74. The van der Waals surface area contributed by atoms with E-state index >= 15 is 0 Å². The van der Waals surface area contributed by atoms with Gasteiger partial charge in [-0.05, 0) is 12.8 Å². The molecule has 1 aliphatic rings. The Balaban J connectivity index is 2.54. The number of carboxylic acids is 1. The smallest absolute Gasteiger partial charge is 0.304 e. The average molecular weight is 320 g/mol. The molecule has 0 saturated heterocycles. The number of rotatable bonds is 7. The van der Waals surface area contributed by atoms with E-state index in [-0.39, 0.29) is 18.5 Å². The van der Waals surface area contributed by atoms with Gasteiger partial charge in [0.25, 0.3) is 0 Å². The van der Waals surface area contributed by atoms with Crippen LogP contribution in [0.5, 0.6) is 0 Å². The van der Waals surface area contributed by atoms with E-state index in [4.69, 9.17) is 5.11 Å². The lowest BCUT2D eigenvalue weighted by atomic mass is 9.94. The number of amides is 1. The minimum absolute atomic E-state index is 0.182. The lowest BCUT2D eigenvalue weighted by Gasteiger charge is -2.32. The number of carboxylic acid groups (broad SMARTS) is 1. The Kier molecular flexibility index (Phi) is 6.60. The van der Waals surface area contributed by atoms with Crippen molar-refractivity contribution in [3.63, 3.8) is 0 Å². The normalized spacial score (nSPS) is 16.9. The number of aliphatic carboxylic acids is 1. The van der Waals surface area contributed by atoms with Crippen LogP contribution >= 0.6 is 0 Å². The highest BCUT2D eigenvalue weighted by molar-refractivity contribution is 7.89. The van der Waals surface area contributed by atoms with E-state index in [1.165, 1.54) is 13.5 Å². The zero-order chi connectivity index (χ0) is 16.0. The first-order valence-corrected chi connectivity index (χ1v) is 8.76. The molecular formula is C13H24N2O5S. The predicted octanol–water partition coefficient (Wildman–Crippen LogP) is 0.514. The summed E-state index contributed by atoms with van der Waals surface area (Å²) in [6.07, 6.45) is 4.82. The fraction of sp³-hybridized carbons (Fsp3) is 0.846. The lowest BCUT2D eigenvalue weighted by Crippen LogP contribution is -2.45. The zero-order valence-electron chi connectivity index (χ0n) is 12.6. The molecule has 7 nitrogen and oxygen atoms in total. The van der Waals surface area contributed by atoms with Gasteiger partial charge in [0.2, 0.25) is 15.9 Å². The van der Waals surface area contributed by atoms with Crippen molar-refractivity contribution < 1.29 is 23.1 Å². The number of carbonyl (C=O) groups is 2. The van der Waals surface area contributed by atoms with Crippen LogP contribution in [0.1, 0.15) is 38.5 Å². The molecule has 122 valence electrons. The van der Waals surface area contributed by atoms with Gasteiger partial charge in [-0.15, -0.1) is 0 Å². The van der Waals surface area contributed by atoms with Crippen LogP contribution < -0.4 is 0 Å². The maximum atomic E-state index is 12.1. The quantitative estimate of drug-likeness (QED) is 0.737. The summed E-state index contributed by atoms with van der Waals surface area (Å²) in [7, 11) is -0.696. The maximum Gasteiger partial charge on any atom is 0.304 e. The number of hydrogen-bond acceptors (Lipinski definition) is 4. The summed E-state index contributed by atoms with van der Waals surface area (Å²) >= 11 is 0. The number of hydrogen-bond donors (Lipinski definition) is 1. The molecule has 1 N–H and O–H groups in total. The second-order valence-corrected chi connectivity index (χ2v) is 7.71. The van der Waals surface area contributed by atoms with E-state index in [9.17, 15) is 18.0 Å². The molecule has 0 spiro atoms. The van der Waals surface area contributed by atoms with Gasteiger partial charge < -0.3 is 10.0 Å². The van der Waals surface area contributed by atoms with E-state index in [0.29, 0.717) is 0 Å². The van der Waals surface area contributed by atoms with E-state index in [0.717, 1.165) is 30.0 Å². The van der Waals surface area contributed by atoms with Gasteiger partial charge >= 0.3 is 5.97 Å². The third kappa shape index (κ3) is 5.62. The van der Waals surface area contributed by atoms with Gasteiger partial charge in [-0.1, -0.05) is 19.3 Å². The second-order valence-electron chi connectivity index (χ2n) is 5.51. The summed E-state index contributed by atoms with van der Waals surface area (Å²) in [4.78, 5) is 24.2. The first-order chi connectivity index (χ1) is 9.74. The van der Waals surface area contributed by atoms with Crippen molar-refractivity contribution in [3.8, 4) is 0 Å². The summed E-state index contributed by atoms with van der Waals surface area (Å²) in [5.74, 6) is -1.90. The molecule has 0 aliphatic heterocycles. The molecule has 0 bridgehead atoms. The Hall–Kier alpha value is -1.15. The van der Waals surface area contributed by atoms with Gasteiger partial charge in [-0.3, -0.25) is 9.59 Å². The first-order valence-electron chi connectivity index (χ1n) is 7.15. The van der Waals surface area contributed by atoms with Crippen molar-refractivity contribution in [2.75, 3.05) is 26.4 Å². The molecule has 1 saturated carbocycles. The molecule has 0 radical (unpaired) electrons. The number of nitrogens with zero attached hydrogens (tertiary/aromatic N) is 2. The molecule has 1 rings (SSSR count). The molecular weight excluding hydrogens is 296 g/mol. The van der Waals surface area contributed by atoms with Gasteiger partial charge in [-0.2, -0.15) is 4.31 Å². The van der Waals surface area contributed by atoms with E-state index < -0.39 is 28.2 Å². The van der Waals surface area contributed by atoms with Crippen molar-refractivity contribution in [3.05, 3.63) is 0 Å². The Morgan fingerprint density at radius 1 is 1.14 bits per heavy atom. The molecule has 21 heavy (non-hydrogen) atoms. The summed E-state index contributed by atoms with van der Waals surface area (Å²) < 4.78 is 24.7. The van der Waals surface area contributed by atoms with E-state index in [2.05, 4.69) is 0 Å². The number of likely N-dealkylation sites (N-methyl/N-ethyl adjacent to an activating group) is 2. The van der Waals surface area contributed by atoms with Crippen LogP contribution in [-0.2, 0) is 19.6 Å². The first kappa shape index (κ1) is 17.9. The molecule has 1 fully saturated rings. The molecule has 0 aromatic carbocycles. The largest absolute Gasteiger partial charge is 0.481 e. The van der Waals surface area contributed by atoms with Gasteiger partial charge in [0.05, 0.1) is 18.7 Å². The van der Waals surface area contributed by atoms with Crippen molar-refractivity contribution >= 4 is 21.9 Å². The predicted molar refractivity (Wildman–Crippen MR) is 78.3 cm³/mol. The summed E-state index contributed by atoms with van der Waals surface area (Å²) in [5.41, 5.74) is 0. The highest BCUT2D eigenvalue weighted by Crippen LogP contribution is 2.21. The van der Waals surface area contributed by atoms with Crippen molar-refractivity contribution in [1.29, 1.82) is 0 Å². The Morgan fingerprint density at radius 2 is 1.71 bits per heavy atom. The monoisotopic (exact) mass is 320 g/mol. The third-order valence-electron chi connectivity index (χ3n) is 3.92. The van der Waals surface area contributed by atoms with Crippen LogP contribution in [0.3, 0.4) is 0 Å². The van der Waals surface area contributed by atoms with Crippen molar-refractivity contribution in [2.24, 2.45) is 0 Å². The topological polar surface area (TPSA) is 95.0 Å². The molecule has 0 unspecified atom stereocenters. The molecule has 0 heterocycles. The van der Waals surface area contributed by atoms with Crippen molar-refractivity contribution in [2.45, 2.75) is 44.6 Å². The molecule has 0 aromatic heterocycles. The van der Waals surface area contributed by atoms with Gasteiger partial charge in [-0.25, -0.2) is 8.42 Å². The van der Waals surface area contributed by atoms with Crippen LogP contribution in [0.25, 0.3) is 0 Å². The van der Waals surface area contributed by atoms with Crippen LogP contribution in [0.15, 0.2) is 0 Å². The Labute approximate surface area is 126 Å². The Morgan fingerprint density at radius 3 is 2.24 bits per heavy atom. The van der Waals surface area contributed by atoms with Gasteiger partial charge in [0, 0.05) is 20.1 Å². The molecule has 0 atom stereocenters. The number of sulfonamides is 1. The third-order valence-corrected chi connectivity index (χ3v) is 5.72.